The summed E-state index contributed by atoms with van der Waals surface area (Å²) in [6.07, 6.45) is 6.62. The molecule has 1 aromatic heterocycles. The molecule has 1 aliphatic rings. The van der Waals surface area contributed by atoms with Crippen LogP contribution in [0.3, 0.4) is 0 Å². The van der Waals surface area contributed by atoms with Crippen LogP contribution in [0, 0.1) is 0 Å². The zero-order valence-corrected chi connectivity index (χ0v) is 10.8. The highest BCUT2D eigenvalue weighted by Crippen LogP contribution is 2.20. The van der Waals surface area contributed by atoms with Gasteiger partial charge in [-0.25, -0.2) is 0 Å². The van der Waals surface area contributed by atoms with Gasteiger partial charge in [0.05, 0.1) is 17.8 Å². The second-order valence-electron chi connectivity index (χ2n) is 4.76. The van der Waals surface area contributed by atoms with Gasteiger partial charge in [0.15, 0.2) is 0 Å². The summed E-state index contributed by atoms with van der Waals surface area (Å²) < 4.78 is 5.57. The van der Waals surface area contributed by atoms with Gasteiger partial charge in [-0.15, -0.1) is 0 Å². The molecule has 1 aliphatic carbocycles. The van der Waals surface area contributed by atoms with E-state index in [0.29, 0.717) is 0 Å². The summed E-state index contributed by atoms with van der Waals surface area (Å²) in [5.41, 5.74) is 0.867. The summed E-state index contributed by atoms with van der Waals surface area (Å²) in [4.78, 5) is 15.9. The summed E-state index contributed by atoms with van der Waals surface area (Å²) >= 11 is 0. The summed E-state index contributed by atoms with van der Waals surface area (Å²) in [5, 5.41) is 2.89. The Labute approximate surface area is 108 Å². The first-order chi connectivity index (χ1) is 8.75. The lowest BCUT2D eigenvalue weighted by atomic mass is 10.2. The molecule has 0 saturated heterocycles. The first-order valence-corrected chi connectivity index (χ1v) is 6.57. The molecule has 1 aromatic rings. The molecule has 0 spiro atoms. The van der Waals surface area contributed by atoms with Crippen LogP contribution in [0.2, 0.25) is 0 Å². The molecule has 1 amide bonds. The number of hydrogen-bond acceptors (Lipinski definition) is 3. The number of carbonyl (C=O) groups excluding carboxylic acids is 1. The molecule has 98 valence electrons. The predicted molar refractivity (Wildman–Crippen MR) is 69.0 cm³/mol. The molecular weight excluding hydrogens is 228 g/mol. The second kappa shape index (κ2) is 6.50. The molecule has 1 atom stereocenters. The minimum absolute atomic E-state index is 0.0694. The molecule has 0 aliphatic heterocycles. The van der Waals surface area contributed by atoms with Gasteiger partial charge in [-0.3, -0.25) is 9.78 Å². The fraction of sp³-hybridized carbons (Fsp3) is 0.571. The number of pyridine rings is 1. The van der Waals surface area contributed by atoms with E-state index in [0.717, 1.165) is 18.5 Å². The SMILES string of the molecule is CC(NC(=O)COC1CCCC1)c1ccccn1. The maximum absolute atomic E-state index is 11.7. The van der Waals surface area contributed by atoms with E-state index >= 15 is 0 Å². The van der Waals surface area contributed by atoms with Crippen molar-refractivity contribution in [2.75, 3.05) is 6.61 Å². The molecular formula is C14H20N2O2. The van der Waals surface area contributed by atoms with Gasteiger partial charge in [0.25, 0.3) is 0 Å². The van der Waals surface area contributed by atoms with Crippen molar-refractivity contribution in [2.45, 2.75) is 44.8 Å². The third kappa shape index (κ3) is 3.81. The number of nitrogens with zero attached hydrogens (tertiary/aromatic N) is 1. The summed E-state index contributed by atoms with van der Waals surface area (Å²) in [7, 11) is 0. The van der Waals surface area contributed by atoms with E-state index in [1.54, 1.807) is 6.20 Å². The van der Waals surface area contributed by atoms with Crippen LogP contribution in [0.5, 0.6) is 0 Å². The van der Waals surface area contributed by atoms with Gasteiger partial charge in [-0.1, -0.05) is 18.9 Å². The summed E-state index contributed by atoms with van der Waals surface area (Å²) in [5.74, 6) is -0.0694. The molecule has 4 nitrogen and oxygen atoms in total. The molecule has 1 fully saturated rings. The molecule has 2 rings (SSSR count). The highest BCUT2D eigenvalue weighted by Gasteiger charge is 2.17. The lowest BCUT2D eigenvalue weighted by molar-refractivity contribution is -0.128. The Bertz CT molecular complexity index is 375. The monoisotopic (exact) mass is 248 g/mol. The fourth-order valence-corrected chi connectivity index (χ4v) is 2.24. The standard InChI is InChI=1S/C14H20N2O2/c1-11(13-8-4-5-9-15-13)16-14(17)10-18-12-6-2-3-7-12/h4-5,8-9,11-12H,2-3,6-7,10H2,1H3,(H,16,17). The topological polar surface area (TPSA) is 51.2 Å². The van der Waals surface area contributed by atoms with Gasteiger partial charge in [-0.2, -0.15) is 0 Å². The van der Waals surface area contributed by atoms with Crippen molar-refractivity contribution in [1.29, 1.82) is 0 Å². The van der Waals surface area contributed by atoms with Crippen molar-refractivity contribution < 1.29 is 9.53 Å². The van der Waals surface area contributed by atoms with E-state index in [1.807, 2.05) is 25.1 Å². The van der Waals surface area contributed by atoms with Crippen LogP contribution in [0.15, 0.2) is 24.4 Å². The van der Waals surface area contributed by atoms with Crippen molar-refractivity contribution in [2.24, 2.45) is 0 Å². The van der Waals surface area contributed by atoms with Gasteiger partial charge in [0.1, 0.15) is 6.61 Å². The smallest absolute Gasteiger partial charge is 0.246 e. The molecule has 1 heterocycles. The summed E-state index contributed by atoms with van der Waals surface area (Å²) in [6.45, 7) is 2.08. The third-order valence-corrected chi connectivity index (χ3v) is 3.26. The van der Waals surface area contributed by atoms with E-state index in [1.165, 1.54) is 12.8 Å². The van der Waals surface area contributed by atoms with Crippen LogP contribution in [0.1, 0.15) is 44.3 Å². The normalized spacial score (nSPS) is 17.6. The van der Waals surface area contributed by atoms with E-state index in [4.69, 9.17) is 4.74 Å². The molecule has 0 aromatic carbocycles. The lowest BCUT2D eigenvalue weighted by Gasteiger charge is -2.15. The Kier molecular flexibility index (Phi) is 4.70. The van der Waals surface area contributed by atoms with Gasteiger partial charge in [-0.05, 0) is 31.9 Å². The fourth-order valence-electron chi connectivity index (χ4n) is 2.24. The average Bonchev–Trinajstić information content (AvgIpc) is 2.90. The molecule has 0 bridgehead atoms. The Morgan fingerprint density at radius 1 is 1.50 bits per heavy atom. The van der Waals surface area contributed by atoms with Crippen LogP contribution in [0.25, 0.3) is 0 Å². The van der Waals surface area contributed by atoms with E-state index in [9.17, 15) is 4.79 Å². The van der Waals surface area contributed by atoms with Crippen molar-refractivity contribution >= 4 is 5.91 Å². The van der Waals surface area contributed by atoms with Gasteiger partial charge in [0, 0.05) is 6.20 Å². The number of aromatic nitrogens is 1. The highest BCUT2D eigenvalue weighted by atomic mass is 16.5. The number of amides is 1. The number of ether oxygens (including phenoxy) is 1. The van der Waals surface area contributed by atoms with Crippen LogP contribution >= 0.6 is 0 Å². The first-order valence-electron chi connectivity index (χ1n) is 6.57. The van der Waals surface area contributed by atoms with E-state index in [-0.39, 0.29) is 24.7 Å². The van der Waals surface area contributed by atoms with E-state index < -0.39 is 0 Å². The maximum atomic E-state index is 11.7. The highest BCUT2D eigenvalue weighted by molar-refractivity contribution is 5.77. The second-order valence-corrected chi connectivity index (χ2v) is 4.76. The first kappa shape index (κ1) is 13.0. The van der Waals surface area contributed by atoms with Crippen molar-refractivity contribution in [3.63, 3.8) is 0 Å². The van der Waals surface area contributed by atoms with Crippen LogP contribution in [0.4, 0.5) is 0 Å². The van der Waals surface area contributed by atoms with Crippen molar-refractivity contribution in [1.82, 2.24) is 10.3 Å². The number of hydrogen-bond donors (Lipinski definition) is 1. The molecule has 1 N–H and O–H groups in total. The minimum Gasteiger partial charge on any atom is -0.368 e. The number of nitrogens with one attached hydrogen (secondary N) is 1. The zero-order valence-electron chi connectivity index (χ0n) is 10.8. The van der Waals surface area contributed by atoms with Gasteiger partial charge >= 0.3 is 0 Å². The van der Waals surface area contributed by atoms with Crippen molar-refractivity contribution in [3.05, 3.63) is 30.1 Å². The van der Waals surface area contributed by atoms with Crippen molar-refractivity contribution in [3.8, 4) is 0 Å². The van der Waals surface area contributed by atoms with Crippen LogP contribution in [-0.2, 0) is 9.53 Å². The van der Waals surface area contributed by atoms with E-state index in [2.05, 4.69) is 10.3 Å². The van der Waals surface area contributed by atoms with Gasteiger partial charge in [0.2, 0.25) is 5.91 Å². The third-order valence-electron chi connectivity index (χ3n) is 3.26. The van der Waals surface area contributed by atoms with Gasteiger partial charge < -0.3 is 10.1 Å². The Morgan fingerprint density at radius 2 is 2.28 bits per heavy atom. The number of rotatable bonds is 5. The molecule has 1 unspecified atom stereocenters. The molecule has 0 radical (unpaired) electrons. The average molecular weight is 248 g/mol. The van der Waals surface area contributed by atoms with Crippen LogP contribution in [-0.4, -0.2) is 23.6 Å². The zero-order chi connectivity index (χ0) is 12.8. The lowest BCUT2D eigenvalue weighted by Crippen LogP contribution is -2.31. The van der Waals surface area contributed by atoms with Crippen LogP contribution < -0.4 is 5.32 Å². The molecule has 4 heteroatoms. The Hall–Kier alpha value is -1.42. The maximum Gasteiger partial charge on any atom is 0.246 e. The molecule has 18 heavy (non-hydrogen) atoms. The Morgan fingerprint density at radius 3 is 2.94 bits per heavy atom. The predicted octanol–water partition coefficient (Wildman–Crippen LogP) is 2.22. The summed E-state index contributed by atoms with van der Waals surface area (Å²) in [6, 6.07) is 5.61. The minimum atomic E-state index is -0.0779. The quantitative estimate of drug-likeness (QED) is 0.869. The number of carbonyl (C=O) groups is 1. The Balaban J connectivity index is 1.73. The largest absolute Gasteiger partial charge is 0.368 e. The molecule has 1 saturated carbocycles.